The smallest absolute Gasteiger partial charge is 0.0593 e. The summed E-state index contributed by atoms with van der Waals surface area (Å²) in [5, 5.41) is 0. The first-order valence-corrected chi connectivity index (χ1v) is 7.65. The van der Waals surface area contributed by atoms with Crippen LogP contribution in [-0.4, -0.2) is 38.3 Å². The molecule has 0 aliphatic heterocycles. The average molecular weight is 276 g/mol. The number of hydrogen-bond acceptors (Lipinski definition) is 3. The predicted octanol–water partition coefficient (Wildman–Crippen LogP) is 2.66. The van der Waals surface area contributed by atoms with Crippen LogP contribution in [-0.2, 0) is 4.74 Å². The largest absolute Gasteiger partial charge is 0.380 e. The van der Waals surface area contributed by atoms with Crippen LogP contribution in [0.3, 0.4) is 0 Å². The molecule has 1 unspecified atom stereocenters. The Morgan fingerprint density at radius 3 is 2.80 bits per heavy atom. The van der Waals surface area contributed by atoms with Crippen LogP contribution in [0.25, 0.3) is 0 Å². The van der Waals surface area contributed by atoms with E-state index in [4.69, 9.17) is 10.5 Å². The summed E-state index contributed by atoms with van der Waals surface area (Å²) in [5.74, 6) is 0.845. The van der Waals surface area contributed by atoms with Gasteiger partial charge in [0.05, 0.1) is 6.61 Å². The molecule has 1 aromatic rings. The monoisotopic (exact) mass is 276 g/mol. The molecule has 1 aliphatic carbocycles. The average Bonchev–Trinajstić information content (AvgIpc) is 3.21. The molecular formula is C17H28N2O. The zero-order chi connectivity index (χ0) is 14.5. The standard InChI is InChI=1S/C17H28N2O/c1-13-4-5-14(2)16(10-13)17(18)11-19(3)8-9-20-12-15-6-7-15/h4-5,10,15,17H,6-9,11-12,18H2,1-3H3. The van der Waals surface area contributed by atoms with Crippen molar-refractivity contribution in [3.05, 3.63) is 34.9 Å². The Morgan fingerprint density at radius 1 is 1.35 bits per heavy atom. The zero-order valence-electron chi connectivity index (χ0n) is 13.1. The molecule has 3 heteroatoms. The highest BCUT2D eigenvalue weighted by Gasteiger charge is 2.21. The number of aryl methyl sites for hydroxylation is 2. The Hall–Kier alpha value is -0.900. The van der Waals surface area contributed by atoms with Crippen LogP contribution < -0.4 is 5.73 Å². The number of rotatable bonds is 8. The molecule has 1 atom stereocenters. The van der Waals surface area contributed by atoms with Crippen molar-refractivity contribution in [3.63, 3.8) is 0 Å². The molecule has 1 fully saturated rings. The minimum Gasteiger partial charge on any atom is -0.380 e. The van der Waals surface area contributed by atoms with Crippen LogP contribution >= 0.6 is 0 Å². The van der Waals surface area contributed by atoms with Crippen LogP contribution in [0.1, 0.15) is 35.6 Å². The van der Waals surface area contributed by atoms with Crippen LogP contribution in [0, 0.1) is 19.8 Å². The SMILES string of the molecule is Cc1ccc(C)c(C(N)CN(C)CCOCC2CC2)c1. The minimum atomic E-state index is 0.0725. The maximum absolute atomic E-state index is 6.35. The first-order chi connectivity index (χ1) is 9.56. The second-order valence-electron chi connectivity index (χ2n) is 6.25. The van der Waals surface area contributed by atoms with E-state index in [2.05, 4.69) is 44.0 Å². The lowest BCUT2D eigenvalue weighted by Gasteiger charge is -2.23. The molecular weight excluding hydrogens is 248 g/mol. The number of ether oxygens (including phenoxy) is 1. The highest BCUT2D eigenvalue weighted by Crippen LogP contribution is 2.28. The van der Waals surface area contributed by atoms with E-state index in [0.29, 0.717) is 0 Å². The first-order valence-electron chi connectivity index (χ1n) is 7.65. The van der Waals surface area contributed by atoms with E-state index in [-0.39, 0.29) is 6.04 Å². The molecule has 0 spiro atoms. The van der Waals surface area contributed by atoms with Crippen molar-refractivity contribution in [2.24, 2.45) is 11.7 Å². The molecule has 3 nitrogen and oxygen atoms in total. The Bertz CT molecular complexity index is 429. The molecule has 0 heterocycles. The van der Waals surface area contributed by atoms with Crippen molar-refractivity contribution in [2.75, 3.05) is 33.4 Å². The molecule has 1 aliphatic rings. The van der Waals surface area contributed by atoms with Gasteiger partial charge in [0.2, 0.25) is 0 Å². The van der Waals surface area contributed by atoms with Gasteiger partial charge >= 0.3 is 0 Å². The van der Waals surface area contributed by atoms with Crippen molar-refractivity contribution in [1.82, 2.24) is 4.90 Å². The summed E-state index contributed by atoms with van der Waals surface area (Å²) >= 11 is 0. The van der Waals surface area contributed by atoms with E-state index in [1.54, 1.807) is 0 Å². The molecule has 2 N–H and O–H groups in total. The number of nitrogens with zero attached hydrogens (tertiary/aromatic N) is 1. The number of nitrogens with two attached hydrogens (primary N) is 1. The molecule has 1 saturated carbocycles. The number of hydrogen-bond donors (Lipinski definition) is 1. The van der Waals surface area contributed by atoms with Gasteiger partial charge in [-0.1, -0.05) is 23.8 Å². The van der Waals surface area contributed by atoms with Crippen molar-refractivity contribution >= 4 is 0 Å². The van der Waals surface area contributed by atoms with Gasteiger partial charge in [0.25, 0.3) is 0 Å². The van der Waals surface area contributed by atoms with E-state index in [9.17, 15) is 0 Å². The van der Waals surface area contributed by atoms with Crippen molar-refractivity contribution in [1.29, 1.82) is 0 Å². The van der Waals surface area contributed by atoms with E-state index >= 15 is 0 Å². The molecule has 20 heavy (non-hydrogen) atoms. The summed E-state index contributed by atoms with van der Waals surface area (Å²) < 4.78 is 5.68. The van der Waals surface area contributed by atoms with E-state index in [1.165, 1.54) is 29.5 Å². The third-order valence-corrected chi connectivity index (χ3v) is 4.01. The van der Waals surface area contributed by atoms with Gasteiger partial charge in [-0.05, 0) is 50.8 Å². The number of likely N-dealkylation sites (N-methyl/N-ethyl adjacent to an activating group) is 1. The van der Waals surface area contributed by atoms with Gasteiger partial charge in [0.1, 0.15) is 0 Å². The zero-order valence-corrected chi connectivity index (χ0v) is 13.1. The molecule has 1 aromatic carbocycles. The molecule has 0 saturated heterocycles. The third-order valence-electron chi connectivity index (χ3n) is 4.01. The maximum atomic E-state index is 6.35. The fourth-order valence-electron chi connectivity index (χ4n) is 2.44. The number of benzene rings is 1. The highest BCUT2D eigenvalue weighted by atomic mass is 16.5. The Labute approximate surface area is 123 Å². The van der Waals surface area contributed by atoms with E-state index in [0.717, 1.165) is 32.2 Å². The van der Waals surface area contributed by atoms with Crippen LogP contribution in [0.2, 0.25) is 0 Å². The van der Waals surface area contributed by atoms with Gasteiger partial charge in [0, 0.05) is 25.7 Å². The second kappa shape index (κ2) is 7.21. The van der Waals surface area contributed by atoms with E-state index in [1.807, 2.05) is 0 Å². The summed E-state index contributed by atoms with van der Waals surface area (Å²) in [6.07, 6.45) is 2.71. The quantitative estimate of drug-likeness (QED) is 0.742. The topological polar surface area (TPSA) is 38.5 Å². The van der Waals surface area contributed by atoms with Gasteiger partial charge in [-0.3, -0.25) is 0 Å². The normalized spacial score (nSPS) is 16.6. The molecule has 2 rings (SSSR count). The summed E-state index contributed by atoms with van der Waals surface area (Å²) in [6.45, 7) is 7.82. The van der Waals surface area contributed by atoms with Gasteiger partial charge < -0.3 is 15.4 Å². The molecule has 0 amide bonds. The highest BCUT2D eigenvalue weighted by molar-refractivity contribution is 5.32. The summed E-state index contributed by atoms with van der Waals surface area (Å²) in [7, 11) is 2.12. The van der Waals surface area contributed by atoms with Crippen LogP contribution in [0.4, 0.5) is 0 Å². The fraction of sp³-hybridized carbons (Fsp3) is 0.647. The van der Waals surface area contributed by atoms with Gasteiger partial charge in [-0.15, -0.1) is 0 Å². The predicted molar refractivity (Wildman–Crippen MR) is 83.9 cm³/mol. The molecule has 0 aromatic heterocycles. The molecule has 112 valence electrons. The summed E-state index contributed by atoms with van der Waals surface area (Å²) in [6, 6.07) is 6.57. The first kappa shape index (κ1) is 15.5. The van der Waals surface area contributed by atoms with Crippen LogP contribution in [0.15, 0.2) is 18.2 Å². The Morgan fingerprint density at radius 2 is 2.10 bits per heavy atom. The van der Waals surface area contributed by atoms with E-state index < -0.39 is 0 Å². The molecule has 0 bridgehead atoms. The van der Waals surface area contributed by atoms with Crippen molar-refractivity contribution < 1.29 is 4.74 Å². The van der Waals surface area contributed by atoms with Crippen LogP contribution in [0.5, 0.6) is 0 Å². The Balaban J connectivity index is 1.74. The van der Waals surface area contributed by atoms with Gasteiger partial charge in [-0.25, -0.2) is 0 Å². The maximum Gasteiger partial charge on any atom is 0.0593 e. The lowest BCUT2D eigenvalue weighted by Crippen LogP contribution is -2.32. The van der Waals surface area contributed by atoms with Crippen molar-refractivity contribution in [2.45, 2.75) is 32.7 Å². The Kier molecular flexibility index (Phi) is 5.58. The minimum absolute atomic E-state index is 0.0725. The summed E-state index contributed by atoms with van der Waals surface area (Å²) in [4.78, 5) is 2.26. The molecule has 0 radical (unpaired) electrons. The second-order valence-corrected chi connectivity index (χ2v) is 6.25. The third kappa shape index (κ3) is 4.89. The van der Waals surface area contributed by atoms with Gasteiger partial charge in [0.15, 0.2) is 0 Å². The summed E-state index contributed by atoms with van der Waals surface area (Å²) in [5.41, 5.74) is 10.2. The lowest BCUT2D eigenvalue weighted by molar-refractivity contribution is 0.102. The van der Waals surface area contributed by atoms with Crippen molar-refractivity contribution in [3.8, 4) is 0 Å². The fourth-order valence-corrected chi connectivity index (χ4v) is 2.44. The lowest BCUT2D eigenvalue weighted by atomic mass is 9.99. The van der Waals surface area contributed by atoms with Gasteiger partial charge in [-0.2, -0.15) is 0 Å².